The number of anilines is 1. The smallest absolute Gasteiger partial charge is 0.317 e. The van der Waals surface area contributed by atoms with E-state index in [4.69, 9.17) is 5.11 Å². The number of carboxylic acid groups (broad SMARTS) is 1. The largest absolute Gasteiger partial charge is 0.480 e. The van der Waals surface area contributed by atoms with Gasteiger partial charge in [-0.2, -0.15) is 0 Å². The maximum atomic E-state index is 13.2. The number of aliphatic hydroxyl groups is 1. The fourth-order valence-electron chi connectivity index (χ4n) is 2.39. The van der Waals surface area contributed by atoms with E-state index in [9.17, 15) is 22.7 Å². The van der Waals surface area contributed by atoms with Gasteiger partial charge in [-0.1, -0.05) is 17.7 Å². The van der Waals surface area contributed by atoms with Crippen molar-refractivity contribution in [2.75, 3.05) is 23.9 Å². The number of rotatable bonds is 9. The molecular formula is C18H21FN2O5S. The van der Waals surface area contributed by atoms with E-state index in [2.05, 4.69) is 5.32 Å². The van der Waals surface area contributed by atoms with Gasteiger partial charge in [-0.3, -0.25) is 9.10 Å². The first-order valence-corrected chi connectivity index (χ1v) is 9.59. The fraction of sp³-hybridized carbons (Fsp3) is 0.278. The Morgan fingerprint density at radius 2 is 1.74 bits per heavy atom. The van der Waals surface area contributed by atoms with Gasteiger partial charge >= 0.3 is 5.97 Å². The molecule has 9 heteroatoms. The summed E-state index contributed by atoms with van der Waals surface area (Å²) >= 11 is 0. The van der Waals surface area contributed by atoms with Crippen LogP contribution in [-0.2, 0) is 14.8 Å². The van der Waals surface area contributed by atoms with Gasteiger partial charge in [-0.15, -0.1) is 0 Å². The molecule has 0 spiro atoms. The number of hydrogen-bond acceptors (Lipinski definition) is 5. The number of sulfonamides is 1. The van der Waals surface area contributed by atoms with Crippen LogP contribution in [0, 0.1) is 12.7 Å². The van der Waals surface area contributed by atoms with Crippen LogP contribution in [-0.4, -0.2) is 50.3 Å². The van der Waals surface area contributed by atoms with Crippen LogP contribution in [0.3, 0.4) is 0 Å². The molecule has 0 unspecified atom stereocenters. The molecule has 2 rings (SSSR count). The van der Waals surface area contributed by atoms with E-state index in [0.29, 0.717) is 0 Å². The molecule has 7 nitrogen and oxygen atoms in total. The van der Waals surface area contributed by atoms with Crippen LogP contribution < -0.4 is 9.62 Å². The number of halogens is 1. The summed E-state index contributed by atoms with van der Waals surface area (Å²) in [6.07, 6.45) is -1.17. The zero-order valence-corrected chi connectivity index (χ0v) is 15.5. The van der Waals surface area contributed by atoms with Gasteiger partial charge in [0.05, 0.1) is 29.8 Å². The lowest BCUT2D eigenvalue weighted by Crippen LogP contribution is -2.42. The van der Waals surface area contributed by atoms with E-state index in [0.717, 1.165) is 22.0 Å². The highest BCUT2D eigenvalue weighted by Gasteiger charge is 2.27. The number of carbonyl (C=O) groups is 1. The standard InChI is InChI=1S/C18H21FN2O5S/c1-13-2-8-17(9-3-13)27(25,26)21(15-6-4-14(19)5-7-15)12-16(22)10-20-11-18(23)24/h2-9,16,20,22H,10-12H2,1H3,(H,23,24)/t16-/m1/s1. The normalized spacial score (nSPS) is 12.6. The second-order valence-electron chi connectivity index (χ2n) is 6.00. The topological polar surface area (TPSA) is 107 Å². The Labute approximate surface area is 157 Å². The quantitative estimate of drug-likeness (QED) is 0.591. The van der Waals surface area contributed by atoms with Crippen molar-refractivity contribution in [3.8, 4) is 0 Å². The van der Waals surface area contributed by atoms with Crippen LogP contribution in [0.25, 0.3) is 0 Å². The highest BCUT2D eigenvalue weighted by atomic mass is 32.2. The lowest BCUT2D eigenvalue weighted by atomic mass is 10.2. The van der Waals surface area contributed by atoms with E-state index in [-0.39, 0.29) is 30.2 Å². The molecule has 0 aliphatic carbocycles. The van der Waals surface area contributed by atoms with Gasteiger partial charge in [0.1, 0.15) is 5.82 Å². The predicted molar refractivity (Wildman–Crippen MR) is 98.6 cm³/mol. The molecule has 0 saturated carbocycles. The first-order valence-electron chi connectivity index (χ1n) is 8.15. The van der Waals surface area contributed by atoms with Crippen molar-refractivity contribution in [2.45, 2.75) is 17.9 Å². The third-order valence-corrected chi connectivity index (χ3v) is 5.56. The third-order valence-electron chi connectivity index (χ3n) is 3.76. The second-order valence-corrected chi connectivity index (χ2v) is 7.87. The molecule has 0 aromatic heterocycles. The Bertz CT molecular complexity index is 870. The van der Waals surface area contributed by atoms with Crippen LogP contribution in [0.5, 0.6) is 0 Å². The monoisotopic (exact) mass is 396 g/mol. The Morgan fingerprint density at radius 1 is 1.15 bits per heavy atom. The van der Waals surface area contributed by atoms with Crippen molar-refractivity contribution in [3.63, 3.8) is 0 Å². The molecular weight excluding hydrogens is 375 g/mol. The van der Waals surface area contributed by atoms with Crippen LogP contribution in [0.2, 0.25) is 0 Å². The van der Waals surface area contributed by atoms with Crippen molar-refractivity contribution in [3.05, 3.63) is 59.9 Å². The summed E-state index contributed by atoms with van der Waals surface area (Å²) in [6, 6.07) is 11.1. The van der Waals surface area contributed by atoms with Gasteiger partial charge in [0.25, 0.3) is 10.0 Å². The molecule has 0 saturated heterocycles. The minimum atomic E-state index is -4.01. The molecule has 1 atom stereocenters. The second kappa shape index (κ2) is 8.94. The lowest BCUT2D eigenvalue weighted by molar-refractivity contribution is -0.136. The number of benzene rings is 2. The maximum absolute atomic E-state index is 13.2. The number of hydrogen-bond donors (Lipinski definition) is 3. The summed E-state index contributed by atoms with van der Waals surface area (Å²) in [4.78, 5) is 10.6. The van der Waals surface area contributed by atoms with Crippen LogP contribution >= 0.6 is 0 Å². The molecule has 0 aliphatic heterocycles. The average Bonchev–Trinajstić information content (AvgIpc) is 2.60. The van der Waals surface area contributed by atoms with Crippen LogP contribution in [0.1, 0.15) is 5.56 Å². The van der Waals surface area contributed by atoms with Crippen LogP contribution in [0.15, 0.2) is 53.4 Å². The number of nitrogens with zero attached hydrogens (tertiary/aromatic N) is 1. The van der Waals surface area contributed by atoms with Crippen molar-refractivity contribution in [1.29, 1.82) is 0 Å². The zero-order valence-electron chi connectivity index (χ0n) is 14.7. The van der Waals surface area contributed by atoms with Gasteiger partial charge in [-0.05, 0) is 43.3 Å². The summed E-state index contributed by atoms with van der Waals surface area (Å²) < 4.78 is 40.3. The minimum Gasteiger partial charge on any atom is -0.480 e. The maximum Gasteiger partial charge on any atom is 0.317 e. The van der Waals surface area contributed by atoms with Gasteiger partial charge < -0.3 is 15.5 Å². The van der Waals surface area contributed by atoms with E-state index in [1.165, 1.54) is 24.3 Å². The zero-order chi connectivity index (χ0) is 20.0. The number of aliphatic hydroxyl groups excluding tert-OH is 1. The van der Waals surface area contributed by atoms with Gasteiger partial charge in [0.2, 0.25) is 0 Å². The predicted octanol–water partition coefficient (Wildman–Crippen LogP) is 1.36. The molecule has 0 aliphatic rings. The summed E-state index contributed by atoms with van der Waals surface area (Å²) in [7, 11) is -4.01. The lowest BCUT2D eigenvalue weighted by Gasteiger charge is -2.27. The summed E-state index contributed by atoms with van der Waals surface area (Å²) in [6.45, 7) is 1.02. The Hall–Kier alpha value is -2.49. The molecule has 0 amide bonds. The van der Waals surface area contributed by atoms with E-state index in [1.54, 1.807) is 12.1 Å². The van der Waals surface area contributed by atoms with E-state index < -0.39 is 27.9 Å². The number of nitrogens with one attached hydrogen (secondary N) is 1. The van der Waals surface area contributed by atoms with Gasteiger partial charge in [-0.25, -0.2) is 12.8 Å². The molecule has 27 heavy (non-hydrogen) atoms. The molecule has 0 fully saturated rings. The molecule has 3 N–H and O–H groups in total. The summed E-state index contributed by atoms with van der Waals surface area (Å²) in [5, 5.41) is 21.3. The number of aliphatic carboxylic acids is 1. The van der Waals surface area contributed by atoms with Crippen LogP contribution in [0.4, 0.5) is 10.1 Å². The highest BCUT2D eigenvalue weighted by Crippen LogP contribution is 2.24. The molecule has 0 radical (unpaired) electrons. The molecule has 0 bridgehead atoms. The minimum absolute atomic E-state index is 0.0307. The molecule has 2 aromatic carbocycles. The van der Waals surface area contributed by atoms with Crippen molar-refractivity contribution in [2.24, 2.45) is 0 Å². The van der Waals surface area contributed by atoms with Crippen molar-refractivity contribution >= 4 is 21.7 Å². The van der Waals surface area contributed by atoms with Crippen molar-refractivity contribution in [1.82, 2.24) is 5.32 Å². The first-order chi connectivity index (χ1) is 12.7. The Morgan fingerprint density at radius 3 is 2.30 bits per heavy atom. The molecule has 0 heterocycles. The highest BCUT2D eigenvalue weighted by molar-refractivity contribution is 7.92. The van der Waals surface area contributed by atoms with E-state index >= 15 is 0 Å². The van der Waals surface area contributed by atoms with Gasteiger partial charge in [0.15, 0.2) is 0 Å². The SMILES string of the molecule is Cc1ccc(S(=O)(=O)N(C[C@H](O)CNCC(=O)O)c2ccc(F)cc2)cc1. The average molecular weight is 396 g/mol. The number of aryl methyl sites for hydroxylation is 1. The third kappa shape index (κ3) is 5.75. The van der Waals surface area contributed by atoms with Crippen molar-refractivity contribution < 1.29 is 27.8 Å². The fourth-order valence-corrected chi connectivity index (χ4v) is 3.89. The van der Waals surface area contributed by atoms with Gasteiger partial charge in [0, 0.05) is 6.54 Å². The molecule has 146 valence electrons. The van der Waals surface area contributed by atoms with E-state index in [1.807, 2.05) is 6.92 Å². The summed E-state index contributed by atoms with van der Waals surface area (Å²) in [5.41, 5.74) is 1.08. The molecule has 2 aromatic rings. The summed E-state index contributed by atoms with van der Waals surface area (Å²) in [5.74, 6) is -1.61. The number of carboxylic acids is 1. The Balaban J connectivity index is 2.30. The Kier molecular flexibility index (Phi) is 6.89. The first kappa shape index (κ1) is 20.8.